The first-order chi connectivity index (χ1) is 13.3. The molecular formula is C23H22BNO2Se. The average molecular weight is 434 g/mol. The minimum absolute atomic E-state index is 0.210. The first-order valence-corrected chi connectivity index (χ1v) is 11.3. The van der Waals surface area contributed by atoms with Gasteiger partial charge in [0.2, 0.25) is 0 Å². The van der Waals surface area contributed by atoms with Gasteiger partial charge in [-0.3, -0.25) is 0 Å². The van der Waals surface area contributed by atoms with Crippen molar-refractivity contribution in [2.75, 3.05) is 0 Å². The van der Waals surface area contributed by atoms with E-state index >= 15 is 0 Å². The van der Waals surface area contributed by atoms with Crippen LogP contribution in [0.25, 0.3) is 30.7 Å². The molecule has 3 nitrogen and oxygen atoms in total. The van der Waals surface area contributed by atoms with Gasteiger partial charge in [-0.1, -0.05) is 0 Å². The van der Waals surface area contributed by atoms with Crippen LogP contribution in [-0.4, -0.2) is 37.8 Å². The van der Waals surface area contributed by atoms with Gasteiger partial charge >= 0.3 is 172 Å². The fraction of sp³-hybridized carbons (Fsp3) is 0.261. The van der Waals surface area contributed by atoms with E-state index < -0.39 is 0 Å². The Bertz CT molecular complexity index is 1170. The zero-order chi connectivity index (χ0) is 19.5. The van der Waals surface area contributed by atoms with Gasteiger partial charge in [0, 0.05) is 0 Å². The molecule has 0 saturated carbocycles. The van der Waals surface area contributed by atoms with Crippen molar-refractivity contribution in [2.45, 2.75) is 38.9 Å². The van der Waals surface area contributed by atoms with Crippen LogP contribution in [0.2, 0.25) is 0 Å². The second-order valence-electron chi connectivity index (χ2n) is 8.37. The SMILES string of the molecule is CC1(C)OB(c2ccc3c(ccc4nc(-c5ccccc5)[se]c43)c2)OC1(C)C. The predicted molar refractivity (Wildman–Crippen MR) is 117 cm³/mol. The molecule has 4 aromatic rings. The van der Waals surface area contributed by atoms with Gasteiger partial charge in [0.1, 0.15) is 0 Å². The van der Waals surface area contributed by atoms with E-state index in [0.717, 1.165) is 11.0 Å². The Hall–Kier alpha value is -1.91. The molecule has 0 aliphatic carbocycles. The summed E-state index contributed by atoms with van der Waals surface area (Å²) in [5, 5.41) is 2.50. The predicted octanol–water partition coefficient (Wildman–Crippen LogP) is 4.41. The number of fused-ring (bicyclic) bond motifs is 3. The standard InChI is InChI=1S/C23H22BNO2Se/c1-22(2)23(3,4)27-24(26-22)17-11-12-18-16(14-17)10-13-19-20(18)28-21(25-19)15-8-6-5-7-9-15/h5-14H,1-4H3. The third-order valence-electron chi connectivity index (χ3n) is 5.94. The summed E-state index contributed by atoms with van der Waals surface area (Å²) < 4.78 is 15.0. The summed E-state index contributed by atoms with van der Waals surface area (Å²) >= 11 is 0.210. The van der Waals surface area contributed by atoms with Crippen molar-refractivity contribution in [1.82, 2.24) is 4.98 Å². The van der Waals surface area contributed by atoms with Crippen LogP contribution in [0, 0.1) is 0 Å². The second-order valence-corrected chi connectivity index (χ2v) is 10.5. The number of hydrogen-bond acceptors (Lipinski definition) is 3. The first kappa shape index (κ1) is 18.1. The Kier molecular flexibility index (Phi) is 4.08. The number of nitrogens with zero attached hydrogens (tertiary/aromatic N) is 1. The van der Waals surface area contributed by atoms with Gasteiger partial charge in [0.05, 0.1) is 0 Å². The van der Waals surface area contributed by atoms with Crippen LogP contribution in [0.5, 0.6) is 0 Å². The van der Waals surface area contributed by atoms with Crippen molar-refractivity contribution in [3.8, 4) is 10.1 Å². The fourth-order valence-electron chi connectivity index (χ4n) is 3.56. The summed E-state index contributed by atoms with van der Waals surface area (Å²) in [6, 6.07) is 21.3. The molecule has 3 aromatic carbocycles. The zero-order valence-electron chi connectivity index (χ0n) is 16.5. The van der Waals surface area contributed by atoms with E-state index in [-0.39, 0.29) is 32.8 Å². The molecule has 0 bridgehead atoms. The summed E-state index contributed by atoms with van der Waals surface area (Å²) in [7, 11) is -0.329. The molecule has 1 aliphatic heterocycles. The van der Waals surface area contributed by atoms with Crippen molar-refractivity contribution in [3.05, 3.63) is 60.7 Å². The Morgan fingerprint density at radius 1 is 0.857 bits per heavy atom. The molecule has 1 fully saturated rings. The average Bonchev–Trinajstić information content (AvgIpc) is 3.20. The van der Waals surface area contributed by atoms with E-state index in [1.807, 2.05) is 6.07 Å². The molecule has 140 valence electrons. The number of rotatable bonds is 2. The van der Waals surface area contributed by atoms with Crippen molar-refractivity contribution in [2.24, 2.45) is 0 Å². The third kappa shape index (κ3) is 2.85. The summed E-state index contributed by atoms with van der Waals surface area (Å²) in [5.74, 6) is 0. The van der Waals surface area contributed by atoms with E-state index in [9.17, 15) is 0 Å². The van der Waals surface area contributed by atoms with Crippen LogP contribution < -0.4 is 5.46 Å². The van der Waals surface area contributed by atoms with Crippen LogP contribution in [-0.2, 0) is 9.31 Å². The van der Waals surface area contributed by atoms with Crippen LogP contribution in [0.4, 0.5) is 0 Å². The Labute approximate surface area is 171 Å². The summed E-state index contributed by atoms with van der Waals surface area (Å²) in [6.45, 7) is 8.36. The van der Waals surface area contributed by atoms with Crippen LogP contribution >= 0.6 is 0 Å². The topological polar surface area (TPSA) is 31.4 Å². The van der Waals surface area contributed by atoms with E-state index in [4.69, 9.17) is 14.3 Å². The van der Waals surface area contributed by atoms with Crippen molar-refractivity contribution in [1.29, 1.82) is 0 Å². The minimum atomic E-state index is -0.329. The van der Waals surface area contributed by atoms with E-state index in [2.05, 4.69) is 82.3 Å². The van der Waals surface area contributed by atoms with E-state index in [1.165, 1.54) is 25.2 Å². The molecule has 28 heavy (non-hydrogen) atoms. The summed E-state index contributed by atoms with van der Waals surface area (Å²) in [6.07, 6.45) is 0. The molecule has 1 saturated heterocycles. The quantitative estimate of drug-likeness (QED) is 0.438. The summed E-state index contributed by atoms with van der Waals surface area (Å²) in [5.41, 5.74) is 2.74. The molecular weight excluding hydrogens is 412 g/mol. The van der Waals surface area contributed by atoms with Crippen LogP contribution in [0.3, 0.4) is 0 Å². The normalized spacial score (nSPS) is 18.2. The third-order valence-corrected chi connectivity index (χ3v) is 8.36. The number of hydrogen-bond donors (Lipinski definition) is 0. The molecule has 0 unspecified atom stereocenters. The maximum atomic E-state index is 6.23. The Morgan fingerprint density at radius 3 is 2.29 bits per heavy atom. The molecule has 5 heteroatoms. The number of aromatic nitrogens is 1. The summed E-state index contributed by atoms with van der Waals surface area (Å²) in [4.78, 5) is 4.90. The van der Waals surface area contributed by atoms with Gasteiger partial charge < -0.3 is 0 Å². The van der Waals surface area contributed by atoms with Crippen molar-refractivity contribution < 1.29 is 9.31 Å². The van der Waals surface area contributed by atoms with E-state index in [0.29, 0.717) is 0 Å². The van der Waals surface area contributed by atoms with Gasteiger partial charge in [-0.2, -0.15) is 0 Å². The monoisotopic (exact) mass is 435 g/mol. The molecule has 5 rings (SSSR count). The van der Waals surface area contributed by atoms with Gasteiger partial charge in [-0.25, -0.2) is 0 Å². The maximum absolute atomic E-state index is 6.23. The second kappa shape index (κ2) is 6.30. The van der Waals surface area contributed by atoms with Gasteiger partial charge in [-0.05, 0) is 0 Å². The molecule has 1 aliphatic rings. The molecule has 0 N–H and O–H groups in total. The molecule has 0 atom stereocenters. The molecule has 0 radical (unpaired) electrons. The zero-order valence-corrected chi connectivity index (χ0v) is 18.2. The Morgan fingerprint density at radius 2 is 1.57 bits per heavy atom. The molecule has 1 aromatic heterocycles. The van der Waals surface area contributed by atoms with Gasteiger partial charge in [-0.15, -0.1) is 0 Å². The van der Waals surface area contributed by atoms with E-state index in [1.54, 1.807) is 0 Å². The van der Waals surface area contributed by atoms with Gasteiger partial charge in [0.15, 0.2) is 0 Å². The Balaban J connectivity index is 1.57. The fourth-order valence-corrected chi connectivity index (χ4v) is 5.88. The van der Waals surface area contributed by atoms with Crippen LogP contribution in [0.15, 0.2) is 60.7 Å². The molecule has 2 heterocycles. The molecule has 0 spiro atoms. The van der Waals surface area contributed by atoms with Crippen molar-refractivity contribution in [3.63, 3.8) is 0 Å². The first-order valence-electron chi connectivity index (χ1n) is 9.58. The van der Waals surface area contributed by atoms with Gasteiger partial charge in [0.25, 0.3) is 0 Å². The van der Waals surface area contributed by atoms with Crippen molar-refractivity contribution >= 4 is 47.6 Å². The number of benzene rings is 3. The molecule has 0 amide bonds. The van der Waals surface area contributed by atoms with Crippen LogP contribution in [0.1, 0.15) is 27.7 Å².